The SMILES string of the molecule is Cc1ccccc1NS(=O)(=O)c1ccc(C(=O)N2CCCCC2C)cc1. The molecule has 1 N–H and O–H groups in total. The van der Waals surface area contributed by atoms with E-state index in [2.05, 4.69) is 11.6 Å². The second-order valence-corrected chi connectivity index (χ2v) is 8.47. The molecule has 0 radical (unpaired) electrons. The number of nitrogens with zero attached hydrogens (tertiary/aromatic N) is 1. The molecule has 26 heavy (non-hydrogen) atoms. The summed E-state index contributed by atoms with van der Waals surface area (Å²) >= 11 is 0. The largest absolute Gasteiger partial charge is 0.336 e. The van der Waals surface area contributed by atoms with Crippen LogP contribution in [0.1, 0.15) is 42.1 Å². The van der Waals surface area contributed by atoms with E-state index in [1.54, 1.807) is 24.3 Å². The predicted molar refractivity (Wildman–Crippen MR) is 103 cm³/mol. The number of amides is 1. The van der Waals surface area contributed by atoms with Crippen LogP contribution in [0.5, 0.6) is 0 Å². The molecule has 0 spiro atoms. The second kappa shape index (κ2) is 7.50. The lowest BCUT2D eigenvalue weighted by molar-refractivity contribution is 0.0635. The monoisotopic (exact) mass is 372 g/mol. The van der Waals surface area contributed by atoms with E-state index in [1.165, 1.54) is 12.1 Å². The molecule has 6 heteroatoms. The number of anilines is 1. The zero-order chi connectivity index (χ0) is 18.7. The van der Waals surface area contributed by atoms with E-state index >= 15 is 0 Å². The number of hydrogen-bond donors (Lipinski definition) is 1. The minimum atomic E-state index is -3.69. The summed E-state index contributed by atoms with van der Waals surface area (Å²) in [6.07, 6.45) is 3.17. The summed E-state index contributed by atoms with van der Waals surface area (Å²) in [5.74, 6) is -0.0342. The topological polar surface area (TPSA) is 66.5 Å². The summed E-state index contributed by atoms with van der Waals surface area (Å²) in [6, 6.07) is 13.6. The van der Waals surface area contributed by atoms with Crippen molar-refractivity contribution < 1.29 is 13.2 Å². The lowest BCUT2D eigenvalue weighted by Crippen LogP contribution is -2.42. The Morgan fingerprint density at radius 2 is 1.77 bits per heavy atom. The first-order valence-electron chi connectivity index (χ1n) is 8.88. The highest BCUT2D eigenvalue weighted by Gasteiger charge is 2.24. The number of para-hydroxylation sites is 1. The average Bonchev–Trinajstić information content (AvgIpc) is 2.63. The van der Waals surface area contributed by atoms with Crippen molar-refractivity contribution in [1.82, 2.24) is 4.90 Å². The molecule has 3 rings (SSSR count). The van der Waals surface area contributed by atoms with Crippen LogP contribution in [0, 0.1) is 6.92 Å². The highest BCUT2D eigenvalue weighted by atomic mass is 32.2. The number of piperidine rings is 1. The number of rotatable bonds is 4. The first kappa shape index (κ1) is 18.5. The lowest BCUT2D eigenvalue weighted by Gasteiger charge is -2.33. The minimum absolute atomic E-state index is 0.0342. The van der Waals surface area contributed by atoms with Gasteiger partial charge in [0.05, 0.1) is 10.6 Å². The Bertz CT molecular complexity index is 892. The van der Waals surface area contributed by atoms with Crippen LogP contribution in [-0.2, 0) is 10.0 Å². The van der Waals surface area contributed by atoms with Gasteiger partial charge in [0.2, 0.25) is 0 Å². The van der Waals surface area contributed by atoms with Crippen LogP contribution in [0.4, 0.5) is 5.69 Å². The van der Waals surface area contributed by atoms with Crippen molar-refractivity contribution >= 4 is 21.6 Å². The number of aryl methyl sites for hydroxylation is 1. The van der Waals surface area contributed by atoms with Crippen molar-refractivity contribution in [2.45, 2.75) is 44.0 Å². The first-order chi connectivity index (χ1) is 12.4. The highest BCUT2D eigenvalue weighted by Crippen LogP contribution is 2.22. The van der Waals surface area contributed by atoms with Gasteiger partial charge in [0.15, 0.2) is 0 Å². The fraction of sp³-hybridized carbons (Fsp3) is 0.350. The smallest absolute Gasteiger partial charge is 0.261 e. The number of likely N-dealkylation sites (tertiary alicyclic amines) is 1. The third-order valence-corrected chi connectivity index (χ3v) is 6.25. The Hall–Kier alpha value is -2.34. The normalized spacial score (nSPS) is 17.8. The van der Waals surface area contributed by atoms with Gasteiger partial charge in [-0.2, -0.15) is 0 Å². The van der Waals surface area contributed by atoms with E-state index in [4.69, 9.17) is 0 Å². The van der Waals surface area contributed by atoms with Gasteiger partial charge in [-0.1, -0.05) is 18.2 Å². The van der Waals surface area contributed by atoms with E-state index in [9.17, 15) is 13.2 Å². The van der Waals surface area contributed by atoms with Gasteiger partial charge in [-0.25, -0.2) is 8.42 Å². The summed E-state index contributed by atoms with van der Waals surface area (Å²) in [5.41, 5.74) is 1.92. The number of carbonyl (C=O) groups excluding carboxylic acids is 1. The molecular weight excluding hydrogens is 348 g/mol. The van der Waals surface area contributed by atoms with Crippen molar-refractivity contribution in [3.8, 4) is 0 Å². The van der Waals surface area contributed by atoms with Gasteiger partial charge in [-0.3, -0.25) is 9.52 Å². The second-order valence-electron chi connectivity index (χ2n) is 6.79. The molecule has 5 nitrogen and oxygen atoms in total. The zero-order valence-corrected chi connectivity index (χ0v) is 15.9. The van der Waals surface area contributed by atoms with Crippen LogP contribution in [0.3, 0.4) is 0 Å². The number of hydrogen-bond acceptors (Lipinski definition) is 3. The molecule has 2 aromatic rings. The standard InChI is InChI=1S/C20H24N2O3S/c1-15-7-3-4-9-19(15)21-26(24,25)18-12-10-17(11-13-18)20(23)22-14-6-5-8-16(22)2/h3-4,7,9-13,16,21H,5-6,8,14H2,1-2H3. The third-order valence-electron chi connectivity index (χ3n) is 4.86. The molecule has 1 saturated heterocycles. The van der Waals surface area contributed by atoms with Gasteiger partial charge in [-0.05, 0) is 69.0 Å². The van der Waals surface area contributed by atoms with E-state index in [-0.39, 0.29) is 16.8 Å². The van der Waals surface area contributed by atoms with Crippen molar-refractivity contribution in [2.75, 3.05) is 11.3 Å². The minimum Gasteiger partial charge on any atom is -0.336 e. The molecule has 0 saturated carbocycles. The van der Waals surface area contributed by atoms with Gasteiger partial charge < -0.3 is 4.90 Å². The summed E-state index contributed by atoms with van der Waals surface area (Å²) in [6.45, 7) is 4.66. The van der Waals surface area contributed by atoms with Gasteiger partial charge in [-0.15, -0.1) is 0 Å². The van der Waals surface area contributed by atoms with Crippen LogP contribution in [0.2, 0.25) is 0 Å². The van der Waals surface area contributed by atoms with E-state index < -0.39 is 10.0 Å². The molecule has 1 fully saturated rings. The summed E-state index contributed by atoms with van der Waals surface area (Å²) in [4.78, 5) is 14.7. The zero-order valence-electron chi connectivity index (χ0n) is 15.1. The highest BCUT2D eigenvalue weighted by molar-refractivity contribution is 7.92. The van der Waals surface area contributed by atoms with Crippen LogP contribution in [0.25, 0.3) is 0 Å². The molecule has 2 aromatic carbocycles. The van der Waals surface area contributed by atoms with Gasteiger partial charge in [0.25, 0.3) is 15.9 Å². The summed E-state index contributed by atoms with van der Waals surface area (Å²) < 4.78 is 27.8. The van der Waals surface area contributed by atoms with Crippen LogP contribution in [0.15, 0.2) is 53.4 Å². The molecule has 1 aliphatic rings. The molecular formula is C20H24N2O3S. The molecule has 0 bridgehead atoms. The van der Waals surface area contributed by atoms with Crippen LogP contribution >= 0.6 is 0 Å². The summed E-state index contributed by atoms with van der Waals surface area (Å²) in [7, 11) is -3.69. The van der Waals surface area contributed by atoms with Crippen molar-refractivity contribution in [1.29, 1.82) is 0 Å². The molecule has 1 amide bonds. The molecule has 1 unspecified atom stereocenters. The molecule has 1 atom stereocenters. The maximum absolute atomic E-state index is 12.7. The number of sulfonamides is 1. The Labute approximate surface area is 155 Å². The Kier molecular flexibility index (Phi) is 5.32. The van der Waals surface area contributed by atoms with Crippen molar-refractivity contribution in [3.05, 3.63) is 59.7 Å². The third kappa shape index (κ3) is 3.90. The van der Waals surface area contributed by atoms with Crippen molar-refractivity contribution in [2.24, 2.45) is 0 Å². The number of carbonyl (C=O) groups is 1. The van der Waals surface area contributed by atoms with Gasteiger partial charge >= 0.3 is 0 Å². The van der Waals surface area contributed by atoms with E-state index in [0.29, 0.717) is 11.3 Å². The predicted octanol–water partition coefficient (Wildman–Crippen LogP) is 3.81. The summed E-state index contributed by atoms with van der Waals surface area (Å²) in [5, 5.41) is 0. The van der Waals surface area contributed by atoms with Crippen LogP contribution < -0.4 is 4.72 Å². The Morgan fingerprint density at radius 3 is 2.42 bits per heavy atom. The number of benzene rings is 2. The molecule has 1 heterocycles. The molecule has 138 valence electrons. The van der Waals surface area contributed by atoms with Gasteiger partial charge in [0.1, 0.15) is 0 Å². The van der Waals surface area contributed by atoms with E-state index in [0.717, 1.165) is 31.4 Å². The first-order valence-corrected chi connectivity index (χ1v) is 10.4. The Morgan fingerprint density at radius 1 is 1.08 bits per heavy atom. The maximum atomic E-state index is 12.7. The quantitative estimate of drug-likeness (QED) is 0.887. The fourth-order valence-electron chi connectivity index (χ4n) is 3.23. The van der Waals surface area contributed by atoms with Crippen LogP contribution in [-0.4, -0.2) is 31.8 Å². The van der Waals surface area contributed by atoms with Gasteiger partial charge in [0, 0.05) is 18.2 Å². The van der Waals surface area contributed by atoms with E-state index in [1.807, 2.05) is 24.0 Å². The molecule has 0 aromatic heterocycles. The average molecular weight is 372 g/mol. The fourth-order valence-corrected chi connectivity index (χ4v) is 4.36. The van der Waals surface area contributed by atoms with Crippen molar-refractivity contribution in [3.63, 3.8) is 0 Å². The maximum Gasteiger partial charge on any atom is 0.261 e. The Balaban J connectivity index is 1.78. The lowest BCUT2D eigenvalue weighted by atomic mass is 10.0. The number of nitrogens with one attached hydrogen (secondary N) is 1. The molecule has 1 aliphatic heterocycles. The molecule has 0 aliphatic carbocycles.